The van der Waals surface area contributed by atoms with E-state index in [1.807, 2.05) is 0 Å². The lowest BCUT2D eigenvalue weighted by Crippen LogP contribution is -2.30. The number of carbonyl (C=O) groups is 1. The monoisotopic (exact) mass is 369 g/mol. The first-order valence-electron chi connectivity index (χ1n) is 7.39. The number of esters is 1. The minimum atomic E-state index is -3.85. The number of aryl methyl sites for hydroxylation is 1. The van der Waals surface area contributed by atoms with Crippen molar-refractivity contribution in [2.75, 3.05) is 7.11 Å². The fourth-order valence-electron chi connectivity index (χ4n) is 1.99. The lowest BCUT2D eigenvalue weighted by molar-refractivity contribution is 0.0436. The number of rotatable bonds is 7. The standard InChI is InChI=1S/C15H19N3O6S/c1-9(2)18-25(20,21)13-7-11(5-6-12(13)22-4)15(19)23-8-14-17-16-10(3)24-14/h5-7,9,18H,8H2,1-4H3. The van der Waals surface area contributed by atoms with Gasteiger partial charge in [0.1, 0.15) is 10.6 Å². The molecule has 1 N–H and O–H groups in total. The van der Waals surface area contributed by atoms with E-state index in [1.54, 1.807) is 20.8 Å². The maximum Gasteiger partial charge on any atom is 0.338 e. The molecule has 10 heteroatoms. The topological polar surface area (TPSA) is 121 Å². The Morgan fingerprint density at radius 2 is 2.04 bits per heavy atom. The molecule has 0 atom stereocenters. The van der Waals surface area contributed by atoms with Crippen LogP contribution in [0, 0.1) is 6.92 Å². The molecule has 0 aliphatic rings. The molecule has 0 bridgehead atoms. The molecule has 25 heavy (non-hydrogen) atoms. The van der Waals surface area contributed by atoms with Crippen molar-refractivity contribution in [2.45, 2.75) is 38.3 Å². The summed E-state index contributed by atoms with van der Waals surface area (Å²) in [4.78, 5) is 12.0. The van der Waals surface area contributed by atoms with E-state index in [9.17, 15) is 13.2 Å². The fourth-order valence-corrected chi connectivity index (χ4v) is 3.44. The van der Waals surface area contributed by atoms with Gasteiger partial charge >= 0.3 is 5.97 Å². The van der Waals surface area contributed by atoms with E-state index in [-0.39, 0.29) is 34.7 Å². The summed E-state index contributed by atoms with van der Waals surface area (Å²) >= 11 is 0. The molecule has 0 amide bonds. The predicted octanol–water partition coefficient (Wildman–Crippen LogP) is 1.43. The number of nitrogens with one attached hydrogen (secondary N) is 1. The van der Waals surface area contributed by atoms with Crippen molar-refractivity contribution in [2.24, 2.45) is 0 Å². The number of ether oxygens (including phenoxy) is 2. The number of nitrogens with zero attached hydrogens (tertiary/aromatic N) is 2. The normalized spacial score (nSPS) is 11.6. The van der Waals surface area contributed by atoms with Crippen LogP contribution >= 0.6 is 0 Å². The first-order valence-corrected chi connectivity index (χ1v) is 8.87. The van der Waals surface area contributed by atoms with Crippen LogP contribution in [-0.2, 0) is 21.4 Å². The highest BCUT2D eigenvalue weighted by molar-refractivity contribution is 7.89. The van der Waals surface area contributed by atoms with Crippen LogP contribution in [0.2, 0.25) is 0 Å². The highest BCUT2D eigenvalue weighted by Gasteiger charge is 2.23. The van der Waals surface area contributed by atoms with Gasteiger partial charge in [-0.3, -0.25) is 0 Å². The van der Waals surface area contributed by atoms with Crippen LogP contribution in [0.15, 0.2) is 27.5 Å². The number of hydrogen-bond donors (Lipinski definition) is 1. The Morgan fingerprint density at radius 3 is 2.60 bits per heavy atom. The number of benzene rings is 1. The molecular formula is C15H19N3O6S. The quantitative estimate of drug-likeness (QED) is 0.728. The lowest BCUT2D eigenvalue weighted by atomic mass is 10.2. The third-order valence-electron chi connectivity index (χ3n) is 2.97. The molecule has 9 nitrogen and oxygen atoms in total. The Balaban J connectivity index is 2.24. The summed E-state index contributed by atoms with van der Waals surface area (Å²) in [7, 11) is -2.50. The third-order valence-corrected chi connectivity index (χ3v) is 4.65. The molecule has 1 heterocycles. The van der Waals surface area contributed by atoms with E-state index in [1.165, 1.54) is 25.3 Å². The van der Waals surface area contributed by atoms with Crippen LogP contribution < -0.4 is 9.46 Å². The van der Waals surface area contributed by atoms with E-state index in [0.29, 0.717) is 5.89 Å². The van der Waals surface area contributed by atoms with Crippen LogP contribution in [-0.4, -0.2) is 37.7 Å². The van der Waals surface area contributed by atoms with E-state index < -0.39 is 16.0 Å². The second-order valence-corrected chi connectivity index (χ2v) is 7.11. The zero-order chi connectivity index (χ0) is 18.6. The Kier molecular flexibility index (Phi) is 5.75. The number of carbonyl (C=O) groups excluding carboxylic acids is 1. The highest BCUT2D eigenvalue weighted by Crippen LogP contribution is 2.25. The third kappa shape index (κ3) is 4.77. The second kappa shape index (κ2) is 7.62. The Morgan fingerprint density at radius 1 is 1.32 bits per heavy atom. The Labute approximate surface area is 145 Å². The number of aromatic nitrogens is 2. The van der Waals surface area contributed by atoms with E-state index >= 15 is 0 Å². The van der Waals surface area contributed by atoms with Gasteiger partial charge in [0, 0.05) is 13.0 Å². The molecule has 2 aromatic rings. The summed E-state index contributed by atoms with van der Waals surface area (Å²) in [6, 6.07) is 3.69. The summed E-state index contributed by atoms with van der Waals surface area (Å²) in [6.45, 7) is 4.78. The number of sulfonamides is 1. The average molecular weight is 369 g/mol. The molecule has 136 valence electrons. The molecule has 0 fully saturated rings. The summed E-state index contributed by atoms with van der Waals surface area (Å²) in [5, 5.41) is 7.33. The van der Waals surface area contributed by atoms with Crippen molar-refractivity contribution < 1.29 is 27.1 Å². The number of methoxy groups -OCH3 is 1. The molecule has 1 aromatic carbocycles. The summed E-state index contributed by atoms with van der Waals surface area (Å²) in [5.74, 6) is -0.103. The van der Waals surface area contributed by atoms with Gasteiger partial charge in [0.05, 0.1) is 12.7 Å². The van der Waals surface area contributed by atoms with Crippen LogP contribution in [0.5, 0.6) is 5.75 Å². The molecule has 0 spiro atoms. The summed E-state index contributed by atoms with van der Waals surface area (Å²) in [5.41, 5.74) is 0.0566. The minimum Gasteiger partial charge on any atom is -0.495 e. The van der Waals surface area contributed by atoms with Gasteiger partial charge in [-0.05, 0) is 32.0 Å². The molecule has 0 saturated carbocycles. The Bertz CT molecular complexity index is 860. The lowest BCUT2D eigenvalue weighted by Gasteiger charge is -2.13. The van der Waals surface area contributed by atoms with Crippen LogP contribution in [0.3, 0.4) is 0 Å². The second-order valence-electron chi connectivity index (χ2n) is 5.43. The van der Waals surface area contributed by atoms with Gasteiger partial charge in [-0.15, -0.1) is 10.2 Å². The minimum absolute atomic E-state index is 0.0566. The van der Waals surface area contributed by atoms with E-state index in [4.69, 9.17) is 13.9 Å². The first kappa shape index (κ1) is 18.9. The fraction of sp³-hybridized carbons (Fsp3) is 0.400. The van der Waals surface area contributed by atoms with Gasteiger partial charge in [0.25, 0.3) is 5.89 Å². The van der Waals surface area contributed by atoms with Gasteiger partial charge in [0.2, 0.25) is 15.9 Å². The molecule has 0 radical (unpaired) electrons. The van der Waals surface area contributed by atoms with Crippen molar-refractivity contribution >= 4 is 16.0 Å². The van der Waals surface area contributed by atoms with Crippen molar-refractivity contribution in [3.8, 4) is 5.75 Å². The molecule has 0 saturated heterocycles. The van der Waals surface area contributed by atoms with Crippen molar-refractivity contribution in [3.05, 3.63) is 35.5 Å². The van der Waals surface area contributed by atoms with Gasteiger partial charge < -0.3 is 13.9 Å². The van der Waals surface area contributed by atoms with Gasteiger partial charge in [-0.1, -0.05) is 0 Å². The van der Waals surface area contributed by atoms with Crippen LogP contribution in [0.4, 0.5) is 0 Å². The molecule has 0 unspecified atom stereocenters. The van der Waals surface area contributed by atoms with Crippen molar-refractivity contribution in [1.29, 1.82) is 0 Å². The molecule has 0 aliphatic carbocycles. The van der Waals surface area contributed by atoms with Gasteiger partial charge in [-0.2, -0.15) is 0 Å². The summed E-state index contributed by atoms with van der Waals surface area (Å²) in [6.07, 6.45) is 0. The molecule has 2 rings (SSSR count). The number of hydrogen-bond acceptors (Lipinski definition) is 8. The molecular weight excluding hydrogens is 350 g/mol. The average Bonchev–Trinajstić information content (AvgIpc) is 2.96. The zero-order valence-electron chi connectivity index (χ0n) is 14.3. The first-order chi connectivity index (χ1) is 11.7. The van der Waals surface area contributed by atoms with Crippen LogP contribution in [0.1, 0.15) is 36.0 Å². The van der Waals surface area contributed by atoms with E-state index in [0.717, 1.165) is 0 Å². The van der Waals surface area contributed by atoms with Crippen molar-refractivity contribution in [1.82, 2.24) is 14.9 Å². The Hall–Kier alpha value is -2.46. The van der Waals surface area contributed by atoms with Crippen LogP contribution in [0.25, 0.3) is 0 Å². The smallest absolute Gasteiger partial charge is 0.338 e. The summed E-state index contributed by atoms with van der Waals surface area (Å²) < 4.78 is 42.5. The zero-order valence-corrected chi connectivity index (χ0v) is 15.1. The maximum atomic E-state index is 12.4. The predicted molar refractivity (Wildman–Crippen MR) is 86.6 cm³/mol. The highest BCUT2D eigenvalue weighted by atomic mass is 32.2. The van der Waals surface area contributed by atoms with Gasteiger partial charge in [0.15, 0.2) is 6.61 Å². The molecule has 1 aromatic heterocycles. The van der Waals surface area contributed by atoms with E-state index in [2.05, 4.69) is 14.9 Å². The molecule has 0 aliphatic heterocycles. The SMILES string of the molecule is COc1ccc(C(=O)OCc2nnc(C)o2)cc1S(=O)(=O)NC(C)C. The largest absolute Gasteiger partial charge is 0.495 e. The maximum absolute atomic E-state index is 12.4. The van der Waals surface area contributed by atoms with Gasteiger partial charge in [-0.25, -0.2) is 17.9 Å². The van der Waals surface area contributed by atoms with Crippen molar-refractivity contribution in [3.63, 3.8) is 0 Å².